The molecule has 0 aromatic heterocycles. The number of benzene rings is 1. The quantitative estimate of drug-likeness (QED) is 0.610. The van der Waals surface area contributed by atoms with Gasteiger partial charge in [-0.3, -0.25) is 0 Å². The molecule has 1 rings (SSSR count). The van der Waals surface area contributed by atoms with Crippen molar-refractivity contribution in [2.45, 2.75) is 39.7 Å². The zero-order chi connectivity index (χ0) is 15.0. The fourth-order valence-corrected chi connectivity index (χ4v) is 1.81. The van der Waals surface area contributed by atoms with Crippen LogP contribution in [0.2, 0.25) is 0 Å². The Labute approximate surface area is 122 Å². The maximum absolute atomic E-state index is 6.05. The summed E-state index contributed by atoms with van der Waals surface area (Å²) in [5, 5.41) is 0. The minimum Gasteiger partial charge on any atom is -0.465 e. The third-order valence-corrected chi connectivity index (χ3v) is 2.65. The second-order valence-corrected chi connectivity index (χ2v) is 5.67. The normalized spacial score (nSPS) is 13.3. The van der Waals surface area contributed by atoms with Crippen molar-refractivity contribution in [1.29, 1.82) is 0 Å². The molecular formula is C18H25NO. The Morgan fingerprint density at radius 3 is 2.45 bits per heavy atom. The molecule has 0 atom stereocenters. The Morgan fingerprint density at radius 1 is 1.25 bits per heavy atom. The maximum atomic E-state index is 6.05. The summed E-state index contributed by atoms with van der Waals surface area (Å²) < 4.78 is 5.54. The summed E-state index contributed by atoms with van der Waals surface area (Å²) >= 11 is 0. The van der Waals surface area contributed by atoms with Crippen LogP contribution in [0.1, 0.15) is 32.8 Å². The lowest BCUT2D eigenvalue weighted by atomic mass is 9.95. The Hall–Kier alpha value is -1.80. The molecule has 2 N–H and O–H groups in total. The minimum absolute atomic E-state index is 0.211. The van der Waals surface area contributed by atoms with E-state index in [1.807, 2.05) is 63.3 Å². The third kappa shape index (κ3) is 6.95. The zero-order valence-electron chi connectivity index (χ0n) is 12.9. The highest BCUT2D eigenvalue weighted by Crippen LogP contribution is 2.15. The molecule has 0 aliphatic rings. The first kappa shape index (κ1) is 16.3. The van der Waals surface area contributed by atoms with Gasteiger partial charge in [0.05, 0.1) is 6.26 Å². The lowest BCUT2D eigenvalue weighted by Crippen LogP contribution is -2.31. The molecule has 0 bridgehead atoms. The molecular weight excluding hydrogens is 246 g/mol. The van der Waals surface area contributed by atoms with Gasteiger partial charge in [-0.1, -0.05) is 35.9 Å². The number of aryl methyl sites for hydroxylation is 1. The topological polar surface area (TPSA) is 35.2 Å². The standard InChI is InChI=1S/C18H25NO/c1-5-7-16(14-18(3,4)19)8-6-13-20-17-11-9-15(2)10-12-17/h5-13H,14,19H2,1-4H3/b7-5-,13-6+,16-8+. The van der Waals surface area contributed by atoms with Crippen LogP contribution in [0, 0.1) is 6.92 Å². The summed E-state index contributed by atoms with van der Waals surface area (Å²) in [6.45, 7) is 8.11. The molecule has 0 amide bonds. The van der Waals surface area contributed by atoms with Crippen molar-refractivity contribution < 1.29 is 4.74 Å². The lowest BCUT2D eigenvalue weighted by molar-refractivity contribution is 0.481. The molecule has 0 aliphatic carbocycles. The van der Waals surface area contributed by atoms with Gasteiger partial charge >= 0.3 is 0 Å². The molecule has 0 spiro atoms. The van der Waals surface area contributed by atoms with Gasteiger partial charge in [0.1, 0.15) is 5.75 Å². The van der Waals surface area contributed by atoms with E-state index in [9.17, 15) is 0 Å². The second kappa shape index (κ2) is 7.71. The van der Waals surface area contributed by atoms with Crippen LogP contribution in [-0.4, -0.2) is 5.54 Å². The SMILES string of the molecule is C\C=C/C(=C\C=C\Oc1ccc(C)cc1)CC(C)(C)N. The summed E-state index contributed by atoms with van der Waals surface area (Å²) in [6.07, 6.45) is 10.5. The molecule has 1 aromatic rings. The highest BCUT2D eigenvalue weighted by atomic mass is 16.5. The maximum Gasteiger partial charge on any atom is 0.126 e. The van der Waals surface area contributed by atoms with Crippen LogP contribution in [0.4, 0.5) is 0 Å². The zero-order valence-corrected chi connectivity index (χ0v) is 12.9. The Morgan fingerprint density at radius 2 is 1.90 bits per heavy atom. The lowest BCUT2D eigenvalue weighted by Gasteiger charge is -2.18. The first-order chi connectivity index (χ1) is 9.40. The van der Waals surface area contributed by atoms with Crippen molar-refractivity contribution in [3.8, 4) is 5.75 Å². The van der Waals surface area contributed by atoms with Crippen LogP contribution in [-0.2, 0) is 0 Å². The summed E-state index contributed by atoms with van der Waals surface area (Å²) in [5.41, 5.74) is 8.24. The van der Waals surface area contributed by atoms with E-state index in [0.717, 1.165) is 12.2 Å². The van der Waals surface area contributed by atoms with E-state index >= 15 is 0 Å². The van der Waals surface area contributed by atoms with E-state index in [0.29, 0.717) is 0 Å². The number of ether oxygens (including phenoxy) is 1. The Balaban J connectivity index is 2.62. The molecule has 0 aliphatic heterocycles. The van der Waals surface area contributed by atoms with Crippen molar-refractivity contribution in [1.82, 2.24) is 0 Å². The molecule has 2 nitrogen and oxygen atoms in total. The van der Waals surface area contributed by atoms with E-state index in [1.165, 1.54) is 11.1 Å². The summed E-state index contributed by atoms with van der Waals surface area (Å²) in [4.78, 5) is 0. The molecule has 0 radical (unpaired) electrons. The highest BCUT2D eigenvalue weighted by Gasteiger charge is 2.11. The Kier molecular flexibility index (Phi) is 6.26. The van der Waals surface area contributed by atoms with Gasteiger partial charge in [-0.15, -0.1) is 0 Å². The van der Waals surface area contributed by atoms with E-state index in [4.69, 9.17) is 10.5 Å². The van der Waals surface area contributed by atoms with Gasteiger partial charge in [0.2, 0.25) is 0 Å². The van der Waals surface area contributed by atoms with E-state index in [2.05, 4.69) is 13.0 Å². The predicted octanol–water partition coefficient (Wildman–Crippen LogP) is 4.52. The molecule has 20 heavy (non-hydrogen) atoms. The van der Waals surface area contributed by atoms with Crippen molar-refractivity contribution in [2.24, 2.45) is 5.73 Å². The number of hydrogen-bond acceptors (Lipinski definition) is 2. The smallest absolute Gasteiger partial charge is 0.126 e. The van der Waals surface area contributed by atoms with Crippen LogP contribution in [0.5, 0.6) is 5.75 Å². The first-order valence-electron chi connectivity index (χ1n) is 6.91. The van der Waals surface area contributed by atoms with Gasteiger partial charge in [-0.25, -0.2) is 0 Å². The largest absolute Gasteiger partial charge is 0.465 e. The van der Waals surface area contributed by atoms with E-state index in [-0.39, 0.29) is 5.54 Å². The van der Waals surface area contributed by atoms with Crippen molar-refractivity contribution in [3.05, 3.63) is 66.0 Å². The predicted molar refractivity (Wildman–Crippen MR) is 86.7 cm³/mol. The second-order valence-electron chi connectivity index (χ2n) is 5.67. The molecule has 0 unspecified atom stereocenters. The van der Waals surface area contributed by atoms with Gasteiger partial charge in [-0.2, -0.15) is 0 Å². The molecule has 2 heteroatoms. The fraction of sp³-hybridized carbons (Fsp3) is 0.333. The molecule has 1 aromatic carbocycles. The van der Waals surface area contributed by atoms with E-state index in [1.54, 1.807) is 6.26 Å². The van der Waals surface area contributed by atoms with Gasteiger partial charge in [0.15, 0.2) is 0 Å². The van der Waals surface area contributed by atoms with Gasteiger partial charge in [0, 0.05) is 5.54 Å². The van der Waals surface area contributed by atoms with Crippen molar-refractivity contribution in [3.63, 3.8) is 0 Å². The number of nitrogens with two attached hydrogens (primary N) is 1. The molecule has 0 saturated carbocycles. The Bertz CT molecular complexity index is 487. The fourth-order valence-electron chi connectivity index (χ4n) is 1.81. The van der Waals surface area contributed by atoms with Crippen molar-refractivity contribution in [2.75, 3.05) is 0 Å². The highest BCUT2D eigenvalue weighted by molar-refractivity contribution is 5.28. The first-order valence-corrected chi connectivity index (χ1v) is 6.91. The van der Waals surface area contributed by atoms with Crippen LogP contribution in [0.25, 0.3) is 0 Å². The molecule has 0 heterocycles. The molecule has 0 saturated heterocycles. The van der Waals surface area contributed by atoms with Crippen molar-refractivity contribution >= 4 is 0 Å². The number of rotatable bonds is 6. The van der Waals surface area contributed by atoms with Gasteiger partial charge < -0.3 is 10.5 Å². The van der Waals surface area contributed by atoms with Crippen LogP contribution >= 0.6 is 0 Å². The monoisotopic (exact) mass is 271 g/mol. The van der Waals surface area contributed by atoms with Crippen LogP contribution in [0.3, 0.4) is 0 Å². The van der Waals surface area contributed by atoms with Crippen LogP contribution < -0.4 is 10.5 Å². The third-order valence-electron chi connectivity index (χ3n) is 2.65. The minimum atomic E-state index is -0.211. The van der Waals surface area contributed by atoms with E-state index < -0.39 is 0 Å². The number of allylic oxidation sites excluding steroid dienone is 4. The molecule has 108 valence electrons. The summed E-state index contributed by atoms with van der Waals surface area (Å²) in [7, 11) is 0. The average molecular weight is 271 g/mol. The van der Waals surface area contributed by atoms with Crippen LogP contribution in [0.15, 0.2) is 60.4 Å². The number of hydrogen-bond donors (Lipinski definition) is 1. The average Bonchev–Trinajstić information content (AvgIpc) is 2.35. The van der Waals surface area contributed by atoms with Gasteiger partial charge in [0.25, 0.3) is 0 Å². The van der Waals surface area contributed by atoms with Gasteiger partial charge in [-0.05, 0) is 57.9 Å². The summed E-state index contributed by atoms with van der Waals surface area (Å²) in [5.74, 6) is 0.840. The molecule has 0 fully saturated rings. The summed E-state index contributed by atoms with van der Waals surface area (Å²) in [6, 6.07) is 7.97.